The molecule has 3 N–H and O–H groups in total. The number of benzene rings is 2. The highest BCUT2D eigenvalue weighted by molar-refractivity contribution is 5.99. The molecule has 0 atom stereocenters. The second kappa shape index (κ2) is 9.15. The monoisotopic (exact) mass is 445 g/mol. The Morgan fingerprint density at radius 2 is 1.82 bits per heavy atom. The molecule has 2 aromatic carbocycles. The van der Waals surface area contributed by atoms with Gasteiger partial charge >= 0.3 is 0 Å². The maximum Gasteiger partial charge on any atom is 0.225 e. The van der Waals surface area contributed by atoms with Crippen LogP contribution in [0, 0.1) is 12.7 Å². The summed E-state index contributed by atoms with van der Waals surface area (Å²) in [6.45, 7) is 5.98. The molecule has 1 aliphatic heterocycles. The highest BCUT2D eigenvalue weighted by Crippen LogP contribution is 2.33. The van der Waals surface area contributed by atoms with Gasteiger partial charge in [-0.2, -0.15) is 4.98 Å². The molecule has 170 valence electrons. The number of nitrogens with zero attached hydrogens (tertiary/aromatic N) is 5. The van der Waals surface area contributed by atoms with E-state index in [0.29, 0.717) is 28.5 Å². The maximum absolute atomic E-state index is 13.6. The van der Waals surface area contributed by atoms with Crippen LogP contribution in [0.15, 0.2) is 48.5 Å². The minimum Gasteiger partial charge on any atom is -0.383 e. The molecule has 0 spiro atoms. The number of nitrogens with two attached hydrogens (primary N) is 1. The van der Waals surface area contributed by atoms with E-state index in [1.807, 2.05) is 31.2 Å². The molecule has 1 fully saturated rings. The molecular weight excluding hydrogens is 417 g/mol. The lowest BCUT2D eigenvalue weighted by Gasteiger charge is -2.26. The molecule has 0 unspecified atom stereocenters. The topological polar surface area (TPSA) is 84.9 Å². The fourth-order valence-electron chi connectivity index (χ4n) is 4.37. The van der Waals surface area contributed by atoms with Crippen molar-refractivity contribution in [2.45, 2.75) is 26.2 Å². The number of halogens is 1. The molecule has 33 heavy (non-hydrogen) atoms. The number of likely N-dealkylation sites (tertiary alicyclic amines) is 1. The van der Waals surface area contributed by atoms with Crippen LogP contribution < -0.4 is 11.1 Å². The first-order valence-electron chi connectivity index (χ1n) is 11.4. The van der Waals surface area contributed by atoms with Crippen LogP contribution in [0.2, 0.25) is 0 Å². The van der Waals surface area contributed by atoms with Crippen molar-refractivity contribution in [3.05, 3.63) is 59.9 Å². The summed E-state index contributed by atoms with van der Waals surface area (Å²) in [5, 5.41) is 8.71. The van der Waals surface area contributed by atoms with Crippen molar-refractivity contribution < 1.29 is 4.39 Å². The second-order valence-electron chi connectivity index (χ2n) is 8.57. The third kappa shape index (κ3) is 4.52. The predicted octanol–water partition coefficient (Wildman–Crippen LogP) is 4.41. The molecule has 0 amide bonds. The van der Waals surface area contributed by atoms with Crippen LogP contribution in [0.3, 0.4) is 0 Å². The first kappa shape index (κ1) is 21.3. The van der Waals surface area contributed by atoms with Gasteiger partial charge in [-0.05, 0) is 74.8 Å². The Balaban J connectivity index is 1.54. The lowest BCUT2D eigenvalue weighted by atomic mass is 10.1. The number of piperidine rings is 1. The fraction of sp³-hybridized carbons (Fsp3) is 0.320. The van der Waals surface area contributed by atoms with Crippen LogP contribution in [-0.2, 0) is 0 Å². The van der Waals surface area contributed by atoms with Gasteiger partial charge in [0.05, 0.1) is 16.8 Å². The number of aromatic nitrogens is 4. The Morgan fingerprint density at radius 1 is 1.03 bits per heavy atom. The van der Waals surface area contributed by atoms with E-state index in [2.05, 4.69) is 15.2 Å². The number of rotatable bonds is 6. The van der Waals surface area contributed by atoms with Crippen molar-refractivity contribution >= 4 is 22.8 Å². The van der Waals surface area contributed by atoms with E-state index >= 15 is 0 Å². The molecule has 0 saturated carbocycles. The van der Waals surface area contributed by atoms with Crippen molar-refractivity contribution in [3.63, 3.8) is 0 Å². The summed E-state index contributed by atoms with van der Waals surface area (Å²) in [6.07, 6.45) is 3.83. The van der Waals surface area contributed by atoms with Gasteiger partial charge in [0.2, 0.25) is 5.95 Å². The summed E-state index contributed by atoms with van der Waals surface area (Å²) in [4.78, 5) is 11.9. The summed E-state index contributed by atoms with van der Waals surface area (Å²) >= 11 is 0. The van der Waals surface area contributed by atoms with Gasteiger partial charge in [-0.15, -0.1) is 5.10 Å². The summed E-state index contributed by atoms with van der Waals surface area (Å²) in [6, 6.07) is 14.2. The van der Waals surface area contributed by atoms with Gasteiger partial charge in [0.15, 0.2) is 5.65 Å². The molecule has 5 rings (SSSR count). The third-order valence-corrected chi connectivity index (χ3v) is 6.09. The molecule has 1 aliphatic rings. The van der Waals surface area contributed by atoms with Crippen LogP contribution in [-0.4, -0.2) is 50.8 Å². The Hall–Kier alpha value is -3.52. The molecule has 0 bridgehead atoms. The normalized spacial score (nSPS) is 14.6. The number of aryl methyl sites for hydroxylation is 1. The van der Waals surface area contributed by atoms with Crippen LogP contribution in [0.4, 0.5) is 16.2 Å². The predicted molar refractivity (Wildman–Crippen MR) is 130 cm³/mol. The van der Waals surface area contributed by atoms with Gasteiger partial charge in [-0.3, -0.25) is 0 Å². The number of fused-ring (bicyclic) bond motifs is 1. The Morgan fingerprint density at radius 3 is 2.58 bits per heavy atom. The molecule has 7 nitrogen and oxygen atoms in total. The van der Waals surface area contributed by atoms with Gasteiger partial charge in [0.1, 0.15) is 11.6 Å². The maximum atomic E-state index is 13.6. The summed E-state index contributed by atoms with van der Waals surface area (Å²) in [5.74, 6) is 0.648. The molecular formula is C25H28FN7. The lowest BCUT2D eigenvalue weighted by Crippen LogP contribution is -2.33. The number of nitrogens with one attached hydrogen (secondary N) is 1. The summed E-state index contributed by atoms with van der Waals surface area (Å²) in [5.41, 5.74) is 10.4. The van der Waals surface area contributed by atoms with Gasteiger partial charge in [0, 0.05) is 18.7 Å². The molecule has 2 aromatic heterocycles. The quantitative estimate of drug-likeness (QED) is 0.457. The van der Waals surface area contributed by atoms with E-state index in [1.165, 1.54) is 31.4 Å². The van der Waals surface area contributed by atoms with Crippen LogP contribution in [0.5, 0.6) is 0 Å². The number of nitrogen functional groups attached to an aromatic ring is 1. The van der Waals surface area contributed by atoms with Gasteiger partial charge < -0.3 is 16.0 Å². The van der Waals surface area contributed by atoms with Crippen molar-refractivity contribution in [1.82, 2.24) is 24.6 Å². The highest BCUT2D eigenvalue weighted by atomic mass is 19.1. The highest BCUT2D eigenvalue weighted by Gasteiger charge is 2.19. The van der Waals surface area contributed by atoms with Crippen LogP contribution in [0.25, 0.3) is 28.0 Å². The van der Waals surface area contributed by atoms with Crippen molar-refractivity contribution in [1.29, 1.82) is 0 Å². The minimum atomic E-state index is -0.299. The zero-order valence-electron chi connectivity index (χ0n) is 18.8. The lowest BCUT2D eigenvalue weighted by molar-refractivity contribution is 0.237. The molecule has 1 saturated heterocycles. The Labute approximate surface area is 192 Å². The van der Waals surface area contributed by atoms with E-state index in [4.69, 9.17) is 15.8 Å². The molecule has 0 radical (unpaired) electrons. The zero-order chi connectivity index (χ0) is 22.8. The van der Waals surface area contributed by atoms with Gasteiger partial charge in [0.25, 0.3) is 0 Å². The molecule has 0 aliphatic carbocycles. The SMILES string of the molecule is Cc1cccc(-n2nc3nc(NCCN4CCCCC4)nc(-c4ccc(F)cc4)c3c2N)c1. The van der Waals surface area contributed by atoms with E-state index in [0.717, 1.165) is 43.0 Å². The largest absolute Gasteiger partial charge is 0.383 e. The Kier molecular flexibility index (Phi) is 5.92. The molecule has 3 heterocycles. The van der Waals surface area contributed by atoms with E-state index in [1.54, 1.807) is 16.8 Å². The average Bonchev–Trinajstić information content (AvgIpc) is 3.16. The van der Waals surface area contributed by atoms with E-state index < -0.39 is 0 Å². The fourth-order valence-corrected chi connectivity index (χ4v) is 4.37. The Bertz CT molecular complexity index is 1260. The standard InChI is InChI=1S/C25H28FN7/c1-17-6-5-7-20(16-17)33-23(27)21-22(18-8-10-19(26)11-9-18)29-25(30-24(21)31-33)28-12-15-32-13-3-2-4-14-32/h5-11,16H,2-4,12-15,27H2,1H3,(H,28,30,31). The summed E-state index contributed by atoms with van der Waals surface area (Å²) in [7, 11) is 0. The first-order chi connectivity index (χ1) is 16.1. The number of hydrogen-bond acceptors (Lipinski definition) is 6. The van der Waals surface area contributed by atoms with E-state index in [9.17, 15) is 4.39 Å². The third-order valence-electron chi connectivity index (χ3n) is 6.09. The van der Waals surface area contributed by atoms with Crippen molar-refractivity contribution in [3.8, 4) is 16.9 Å². The smallest absolute Gasteiger partial charge is 0.225 e. The van der Waals surface area contributed by atoms with E-state index in [-0.39, 0.29) is 5.82 Å². The van der Waals surface area contributed by atoms with Crippen molar-refractivity contribution in [2.75, 3.05) is 37.2 Å². The van der Waals surface area contributed by atoms with Crippen LogP contribution >= 0.6 is 0 Å². The minimum absolute atomic E-state index is 0.299. The van der Waals surface area contributed by atoms with Crippen LogP contribution in [0.1, 0.15) is 24.8 Å². The average molecular weight is 446 g/mol. The van der Waals surface area contributed by atoms with Gasteiger partial charge in [-0.25, -0.2) is 14.1 Å². The summed E-state index contributed by atoms with van der Waals surface area (Å²) < 4.78 is 15.3. The van der Waals surface area contributed by atoms with Crippen molar-refractivity contribution in [2.24, 2.45) is 0 Å². The zero-order valence-corrected chi connectivity index (χ0v) is 18.8. The number of hydrogen-bond donors (Lipinski definition) is 2. The van der Waals surface area contributed by atoms with Gasteiger partial charge in [-0.1, -0.05) is 18.6 Å². The second-order valence-corrected chi connectivity index (χ2v) is 8.57. The first-order valence-corrected chi connectivity index (χ1v) is 11.4. The number of anilines is 2. The molecule has 4 aromatic rings. The molecule has 8 heteroatoms.